The van der Waals surface area contributed by atoms with Crippen LogP contribution in [0.25, 0.3) is 0 Å². The van der Waals surface area contributed by atoms with E-state index in [0.717, 1.165) is 13.0 Å². The number of hydrogen-bond donors (Lipinski definition) is 2. The van der Waals surface area contributed by atoms with Gasteiger partial charge in [-0.1, -0.05) is 0 Å². The van der Waals surface area contributed by atoms with Gasteiger partial charge in [-0.25, -0.2) is 0 Å². The molecule has 1 fully saturated rings. The van der Waals surface area contributed by atoms with Gasteiger partial charge in [0.25, 0.3) is 0 Å². The van der Waals surface area contributed by atoms with Crippen LogP contribution in [0.4, 0.5) is 0 Å². The van der Waals surface area contributed by atoms with Crippen LogP contribution in [0.3, 0.4) is 0 Å². The summed E-state index contributed by atoms with van der Waals surface area (Å²) in [4.78, 5) is 11.3. The van der Waals surface area contributed by atoms with Crippen molar-refractivity contribution in [1.29, 1.82) is 0 Å². The van der Waals surface area contributed by atoms with Gasteiger partial charge < -0.3 is 15.4 Å². The Hall–Kier alpha value is -0.610. The van der Waals surface area contributed by atoms with Crippen LogP contribution in [0.2, 0.25) is 0 Å². The maximum Gasteiger partial charge on any atom is 0.234 e. The van der Waals surface area contributed by atoms with Crippen molar-refractivity contribution in [2.75, 3.05) is 13.2 Å². The zero-order valence-corrected chi connectivity index (χ0v) is 9.17. The summed E-state index contributed by atoms with van der Waals surface area (Å²) in [6, 6.07) is 0.537. The molecule has 82 valence electrons. The second-order valence-corrected chi connectivity index (χ2v) is 4.07. The first kappa shape index (κ1) is 11.5. The fourth-order valence-corrected chi connectivity index (χ4v) is 1.60. The third-order valence-electron chi connectivity index (χ3n) is 2.35. The number of carbonyl (C=O) groups excluding carboxylic acids is 1. The summed E-state index contributed by atoms with van der Waals surface area (Å²) < 4.78 is 5.38. The van der Waals surface area contributed by atoms with Gasteiger partial charge >= 0.3 is 0 Å². The molecular formula is C10H20N2O2. The zero-order chi connectivity index (χ0) is 10.6. The minimum absolute atomic E-state index is 0.0547. The molecule has 0 bridgehead atoms. The van der Waals surface area contributed by atoms with Crippen LogP contribution >= 0.6 is 0 Å². The lowest BCUT2D eigenvalue weighted by Crippen LogP contribution is -2.43. The Morgan fingerprint density at radius 3 is 2.79 bits per heavy atom. The molecule has 0 spiro atoms. The molecule has 0 radical (unpaired) electrons. The fourth-order valence-electron chi connectivity index (χ4n) is 1.60. The summed E-state index contributed by atoms with van der Waals surface area (Å²) in [5, 5.41) is 6.04. The summed E-state index contributed by atoms with van der Waals surface area (Å²) in [7, 11) is 0. The number of carbonyl (C=O) groups is 1. The zero-order valence-electron chi connectivity index (χ0n) is 9.17. The Morgan fingerprint density at radius 2 is 2.29 bits per heavy atom. The topological polar surface area (TPSA) is 50.4 Å². The minimum Gasteiger partial charge on any atom is -0.377 e. The Morgan fingerprint density at radius 1 is 1.57 bits per heavy atom. The summed E-state index contributed by atoms with van der Waals surface area (Å²) >= 11 is 0. The highest BCUT2D eigenvalue weighted by atomic mass is 16.5. The van der Waals surface area contributed by atoms with Crippen LogP contribution in [-0.2, 0) is 9.53 Å². The molecule has 1 amide bonds. The van der Waals surface area contributed by atoms with Crippen molar-refractivity contribution in [1.82, 2.24) is 10.6 Å². The van der Waals surface area contributed by atoms with Gasteiger partial charge in [0.15, 0.2) is 0 Å². The average molecular weight is 200 g/mol. The Labute approximate surface area is 85.4 Å². The quantitative estimate of drug-likeness (QED) is 0.685. The lowest BCUT2D eigenvalue weighted by molar-refractivity contribution is -0.120. The van der Waals surface area contributed by atoms with Gasteiger partial charge in [-0.05, 0) is 27.2 Å². The smallest absolute Gasteiger partial charge is 0.234 e. The third kappa shape index (κ3) is 3.64. The van der Waals surface area contributed by atoms with Crippen LogP contribution in [0.1, 0.15) is 27.2 Å². The van der Waals surface area contributed by atoms with Gasteiger partial charge in [0.05, 0.1) is 12.6 Å². The first-order chi connectivity index (χ1) is 6.59. The molecule has 2 unspecified atom stereocenters. The van der Waals surface area contributed by atoms with Crippen LogP contribution < -0.4 is 10.6 Å². The van der Waals surface area contributed by atoms with Crippen molar-refractivity contribution < 1.29 is 9.53 Å². The molecule has 1 saturated heterocycles. The van der Waals surface area contributed by atoms with Gasteiger partial charge in [-0.3, -0.25) is 4.79 Å². The van der Waals surface area contributed by atoms with E-state index in [1.54, 1.807) is 0 Å². The maximum atomic E-state index is 11.3. The number of nitrogens with one attached hydrogen (secondary N) is 2. The van der Waals surface area contributed by atoms with E-state index in [-0.39, 0.29) is 18.1 Å². The second kappa shape index (κ2) is 5.32. The third-order valence-corrected chi connectivity index (χ3v) is 2.35. The summed E-state index contributed by atoms with van der Waals surface area (Å²) in [6.07, 6.45) is 1.22. The van der Waals surface area contributed by atoms with Crippen molar-refractivity contribution in [3.63, 3.8) is 0 Å². The molecule has 0 aromatic rings. The van der Waals surface area contributed by atoms with E-state index >= 15 is 0 Å². The van der Waals surface area contributed by atoms with E-state index in [0.29, 0.717) is 12.6 Å². The predicted molar refractivity (Wildman–Crippen MR) is 55.1 cm³/mol. The Kier molecular flexibility index (Phi) is 4.35. The van der Waals surface area contributed by atoms with Crippen molar-refractivity contribution in [3.8, 4) is 0 Å². The lowest BCUT2D eigenvalue weighted by Gasteiger charge is -2.16. The number of rotatable bonds is 4. The van der Waals surface area contributed by atoms with Crippen molar-refractivity contribution in [2.45, 2.75) is 45.4 Å². The molecule has 4 nitrogen and oxygen atoms in total. The molecule has 2 atom stereocenters. The highest BCUT2D eigenvalue weighted by Crippen LogP contribution is 2.11. The van der Waals surface area contributed by atoms with Crippen molar-refractivity contribution in [3.05, 3.63) is 0 Å². The fraction of sp³-hybridized carbons (Fsp3) is 0.900. The Balaban J connectivity index is 2.16. The van der Waals surface area contributed by atoms with E-state index in [1.165, 1.54) is 0 Å². The van der Waals surface area contributed by atoms with Crippen LogP contribution in [0, 0.1) is 0 Å². The maximum absolute atomic E-state index is 11.3. The van der Waals surface area contributed by atoms with Gasteiger partial charge in [0.2, 0.25) is 5.91 Å². The highest BCUT2D eigenvalue weighted by molar-refractivity contribution is 5.78. The van der Waals surface area contributed by atoms with Crippen LogP contribution in [0.5, 0.6) is 0 Å². The largest absolute Gasteiger partial charge is 0.377 e. The molecule has 0 aliphatic carbocycles. The molecule has 1 rings (SSSR count). The molecule has 1 aliphatic heterocycles. The molecule has 1 aliphatic rings. The molecular weight excluding hydrogens is 180 g/mol. The van der Waals surface area contributed by atoms with E-state index in [1.807, 2.05) is 20.8 Å². The molecule has 1 heterocycles. The number of ether oxygens (including phenoxy) is 1. The summed E-state index contributed by atoms with van der Waals surface area (Å²) in [6.45, 7) is 7.13. The van der Waals surface area contributed by atoms with E-state index < -0.39 is 0 Å². The van der Waals surface area contributed by atoms with Gasteiger partial charge in [0, 0.05) is 18.7 Å². The van der Waals surface area contributed by atoms with Gasteiger partial charge in [-0.15, -0.1) is 0 Å². The average Bonchev–Trinajstić information content (AvgIpc) is 2.46. The Bertz CT molecular complexity index is 195. The monoisotopic (exact) mass is 200 g/mol. The standard InChI is InChI=1S/C10H20N2O2/c1-7(2)12-10(13)6-11-9-4-5-14-8(9)3/h7-9,11H,4-6H2,1-3H3,(H,12,13). The predicted octanol–water partition coefficient (Wildman–Crippen LogP) is 0.278. The SMILES string of the molecule is CC(C)NC(=O)CNC1CCOC1C. The minimum atomic E-state index is 0.0547. The first-order valence-electron chi connectivity index (χ1n) is 5.24. The molecule has 0 aromatic heterocycles. The van der Waals surface area contributed by atoms with Gasteiger partial charge in [0.1, 0.15) is 0 Å². The van der Waals surface area contributed by atoms with E-state index in [9.17, 15) is 4.79 Å². The highest BCUT2D eigenvalue weighted by Gasteiger charge is 2.23. The first-order valence-corrected chi connectivity index (χ1v) is 5.24. The van der Waals surface area contributed by atoms with Crippen LogP contribution in [0.15, 0.2) is 0 Å². The number of amides is 1. The molecule has 2 N–H and O–H groups in total. The second-order valence-electron chi connectivity index (χ2n) is 4.07. The van der Waals surface area contributed by atoms with E-state index in [4.69, 9.17) is 4.74 Å². The molecule has 4 heteroatoms. The normalized spacial score (nSPS) is 26.9. The molecule has 0 saturated carbocycles. The van der Waals surface area contributed by atoms with Crippen molar-refractivity contribution in [2.24, 2.45) is 0 Å². The molecule has 0 aromatic carbocycles. The summed E-state index contributed by atoms with van der Waals surface area (Å²) in [5.74, 6) is 0.0547. The van der Waals surface area contributed by atoms with E-state index in [2.05, 4.69) is 10.6 Å². The van der Waals surface area contributed by atoms with Gasteiger partial charge in [-0.2, -0.15) is 0 Å². The summed E-state index contributed by atoms with van der Waals surface area (Å²) in [5.41, 5.74) is 0. The molecule has 14 heavy (non-hydrogen) atoms. The number of hydrogen-bond acceptors (Lipinski definition) is 3. The van der Waals surface area contributed by atoms with Crippen molar-refractivity contribution >= 4 is 5.91 Å². The van der Waals surface area contributed by atoms with Crippen LogP contribution in [-0.4, -0.2) is 37.2 Å². The lowest BCUT2D eigenvalue weighted by atomic mass is 10.1.